The van der Waals surface area contributed by atoms with Crippen LogP contribution in [0.1, 0.15) is 64.1 Å². The van der Waals surface area contributed by atoms with E-state index in [0.29, 0.717) is 30.2 Å². The summed E-state index contributed by atoms with van der Waals surface area (Å²) < 4.78 is 8.00. The van der Waals surface area contributed by atoms with E-state index in [2.05, 4.69) is 40.6 Å². The first kappa shape index (κ1) is 32.6. The van der Waals surface area contributed by atoms with Gasteiger partial charge in [-0.1, -0.05) is 6.07 Å². The summed E-state index contributed by atoms with van der Waals surface area (Å²) in [6.45, 7) is 4.50. The van der Waals surface area contributed by atoms with E-state index in [0.717, 1.165) is 85.8 Å². The number of nitrogens with zero attached hydrogens (tertiary/aromatic N) is 8. The van der Waals surface area contributed by atoms with Crippen molar-refractivity contribution in [1.29, 1.82) is 0 Å². The van der Waals surface area contributed by atoms with Crippen molar-refractivity contribution in [3.63, 3.8) is 0 Å². The van der Waals surface area contributed by atoms with Crippen LogP contribution in [0, 0.1) is 5.92 Å². The molecule has 3 amide bonds. The Kier molecular flexibility index (Phi) is 8.50. The molecule has 1 saturated carbocycles. The maximum absolute atomic E-state index is 12.9. The number of ether oxygens (including phenoxy) is 1. The van der Waals surface area contributed by atoms with E-state index in [1.165, 1.54) is 7.05 Å². The van der Waals surface area contributed by atoms with E-state index in [9.17, 15) is 14.4 Å². The Bertz CT molecular complexity index is 2010. The molecule has 0 unspecified atom stereocenters. The number of benzene rings is 1. The number of fused-ring (bicyclic) bond motifs is 3. The van der Waals surface area contributed by atoms with Crippen LogP contribution in [0.2, 0.25) is 0 Å². The van der Waals surface area contributed by atoms with Gasteiger partial charge in [-0.25, -0.2) is 4.98 Å². The van der Waals surface area contributed by atoms with Crippen LogP contribution < -0.4 is 25.6 Å². The number of hydrogen-bond acceptors (Lipinski definition) is 11. The average molecular weight is 692 g/mol. The highest BCUT2D eigenvalue weighted by Crippen LogP contribution is 2.49. The standard InChI is InChI=1S/C36H41N11O4/c1-37-35(49)32-27(15-30(42-43-32)41-34(48)21-9-10-21)40-25-11-12-29(51-3)31-24-16-38-47(28(24)20-44(2)33(25)31)23-18-45(19-23)17-22-7-6-8-26(39-22)36(50)46-13-4-5-14-46/h6-8,11-12,15-16,21,23H,4-5,9-10,13-14,17-20H2,1-3H3,(H,37,49)(H2,40,41,42,48). The second-order valence-corrected chi connectivity index (χ2v) is 13.7. The molecule has 3 fully saturated rings. The SMILES string of the molecule is CNC(=O)c1nnc(NC(=O)C2CC2)cc1Nc1ccc(OC)c2c1N(C)Cc1c-2cnn1C1CN(Cc2cccc(C(=O)N3CCCC3)n2)C1. The number of likely N-dealkylation sites (tertiary alicyclic amines) is 2. The van der Waals surface area contributed by atoms with Gasteiger partial charge in [0.15, 0.2) is 11.5 Å². The molecule has 51 heavy (non-hydrogen) atoms. The molecule has 0 bridgehead atoms. The van der Waals surface area contributed by atoms with Crippen molar-refractivity contribution in [2.24, 2.45) is 5.92 Å². The minimum atomic E-state index is -0.405. The first-order chi connectivity index (χ1) is 24.8. The van der Waals surface area contributed by atoms with Crippen molar-refractivity contribution in [2.45, 2.75) is 44.8 Å². The molecule has 2 saturated heterocycles. The van der Waals surface area contributed by atoms with Crippen molar-refractivity contribution >= 4 is 40.6 Å². The van der Waals surface area contributed by atoms with Gasteiger partial charge in [0.2, 0.25) is 5.91 Å². The lowest BCUT2D eigenvalue weighted by Gasteiger charge is -2.40. The van der Waals surface area contributed by atoms with Crippen molar-refractivity contribution in [3.8, 4) is 16.9 Å². The molecule has 3 aliphatic heterocycles. The molecular weight excluding hydrogens is 650 g/mol. The molecule has 0 spiro atoms. The molecule has 15 nitrogen and oxygen atoms in total. The zero-order chi connectivity index (χ0) is 35.2. The number of methoxy groups -OCH3 is 1. The third-order valence-corrected chi connectivity index (χ3v) is 10.1. The quantitative estimate of drug-likeness (QED) is 0.223. The third kappa shape index (κ3) is 6.22. The Labute approximate surface area is 295 Å². The minimum absolute atomic E-state index is 0.00674. The number of carbonyl (C=O) groups excluding carboxylic acids is 3. The molecule has 8 rings (SSSR count). The van der Waals surface area contributed by atoms with Gasteiger partial charge in [-0.2, -0.15) is 5.10 Å². The maximum atomic E-state index is 12.9. The van der Waals surface area contributed by atoms with Crippen molar-refractivity contribution in [1.82, 2.24) is 40.1 Å². The lowest BCUT2D eigenvalue weighted by atomic mass is 9.96. The summed E-state index contributed by atoms with van der Waals surface area (Å²) in [5.41, 5.74) is 6.50. The zero-order valence-electron chi connectivity index (χ0n) is 29.0. The van der Waals surface area contributed by atoms with Crippen LogP contribution in [0.15, 0.2) is 42.6 Å². The average Bonchev–Trinajstić information content (AvgIpc) is 3.68. The van der Waals surface area contributed by atoms with E-state index in [-0.39, 0.29) is 35.3 Å². The largest absolute Gasteiger partial charge is 0.496 e. The number of nitrogens with one attached hydrogen (secondary N) is 3. The van der Waals surface area contributed by atoms with Gasteiger partial charge in [0.25, 0.3) is 11.8 Å². The first-order valence-corrected chi connectivity index (χ1v) is 17.5. The molecule has 3 N–H and O–H groups in total. The van der Waals surface area contributed by atoms with E-state index in [1.54, 1.807) is 13.2 Å². The summed E-state index contributed by atoms with van der Waals surface area (Å²) in [4.78, 5) is 49.2. The molecule has 15 heteroatoms. The minimum Gasteiger partial charge on any atom is -0.496 e. The Morgan fingerprint density at radius 1 is 1.02 bits per heavy atom. The van der Waals surface area contributed by atoms with Crippen molar-refractivity contribution in [2.75, 3.05) is 62.9 Å². The zero-order valence-corrected chi connectivity index (χ0v) is 29.0. The number of rotatable bonds is 10. The van der Waals surface area contributed by atoms with Gasteiger partial charge >= 0.3 is 0 Å². The summed E-state index contributed by atoms with van der Waals surface area (Å²) >= 11 is 0. The fourth-order valence-electron chi connectivity index (χ4n) is 7.25. The van der Waals surface area contributed by atoms with Crippen LogP contribution in [0.4, 0.5) is 22.9 Å². The molecule has 0 radical (unpaired) electrons. The molecule has 4 aromatic rings. The highest BCUT2D eigenvalue weighted by Gasteiger charge is 2.36. The Balaban J connectivity index is 1.03. The monoisotopic (exact) mass is 691 g/mol. The van der Waals surface area contributed by atoms with Gasteiger partial charge in [-0.3, -0.25) is 24.0 Å². The molecule has 3 aromatic heterocycles. The van der Waals surface area contributed by atoms with Crippen molar-refractivity contribution in [3.05, 3.63) is 65.4 Å². The number of carbonyl (C=O) groups is 3. The molecule has 0 atom stereocenters. The van der Waals surface area contributed by atoms with Gasteiger partial charge in [-0.05, 0) is 49.9 Å². The maximum Gasteiger partial charge on any atom is 0.273 e. The summed E-state index contributed by atoms with van der Waals surface area (Å²) in [5.74, 6) is 0.479. The molecule has 1 aliphatic carbocycles. The van der Waals surface area contributed by atoms with Gasteiger partial charge in [0.1, 0.15) is 11.4 Å². The topological polar surface area (TPSA) is 163 Å². The normalized spacial score (nSPS) is 17.0. The van der Waals surface area contributed by atoms with Crippen LogP contribution in [-0.2, 0) is 17.9 Å². The summed E-state index contributed by atoms with van der Waals surface area (Å²) in [6, 6.07) is 11.3. The number of amides is 3. The van der Waals surface area contributed by atoms with Crippen LogP contribution in [0.5, 0.6) is 5.75 Å². The Hall–Kier alpha value is -5.57. The van der Waals surface area contributed by atoms with Gasteiger partial charge in [-0.15, -0.1) is 10.2 Å². The van der Waals surface area contributed by atoms with E-state index in [4.69, 9.17) is 14.8 Å². The predicted octanol–water partition coefficient (Wildman–Crippen LogP) is 3.44. The number of aromatic nitrogens is 5. The number of anilines is 4. The van der Waals surface area contributed by atoms with E-state index >= 15 is 0 Å². The smallest absolute Gasteiger partial charge is 0.273 e. The highest BCUT2D eigenvalue weighted by atomic mass is 16.5. The Morgan fingerprint density at radius 3 is 2.57 bits per heavy atom. The predicted molar refractivity (Wildman–Crippen MR) is 190 cm³/mol. The lowest BCUT2D eigenvalue weighted by molar-refractivity contribution is -0.117. The summed E-state index contributed by atoms with van der Waals surface area (Å²) in [7, 11) is 5.20. The fraction of sp³-hybridized carbons (Fsp3) is 0.417. The van der Waals surface area contributed by atoms with E-state index < -0.39 is 5.91 Å². The number of pyridine rings is 1. The molecule has 264 valence electrons. The van der Waals surface area contributed by atoms with E-state index in [1.807, 2.05) is 48.5 Å². The number of hydrogen-bond donors (Lipinski definition) is 3. The van der Waals surface area contributed by atoms with Crippen LogP contribution in [0.25, 0.3) is 11.1 Å². The van der Waals surface area contributed by atoms with Crippen LogP contribution >= 0.6 is 0 Å². The molecular formula is C36H41N11O4. The molecule has 1 aromatic carbocycles. The van der Waals surface area contributed by atoms with Crippen LogP contribution in [0.3, 0.4) is 0 Å². The summed E-state index contributed by atoms with van der Waals surface area (Å²) in [6.07, 6.45) is 5.72. The third-order valence-electron chi connectivity index (χ3n) is 10.1. The second kappa shape index (κ2) is 13.3. The molecule has 6 heterocycles. The van der Waals surface area contributed by atoms with Gasteiger partial charge < -0.3 is 30.5 Å². The Morgan fingerprint density at radius 2 is 1.82 bits per heavy atom. The van der Waals surface area contributed by atoms with Crippen LogP contribution in [-0.4, -0.2) is 99.9 Å². The first-order valence-electron chi connectivity index (χ1n) is 17.5. The van der Waals surface area contributed by atoms with Crippen molar-refractivity contribution < 1.29 is 19.1 Å². The summed E-state index contributed by atoms with van der Waals surface area (Å²) in [5, 5.41) is 22.0. The molecule has 4 aliphatic rings. The fourth-order valence-corrected chi connectivity index (χ4v) is 7.25. The van der Waals surface area contributed by atoms with Gasteiger partial charge in [0.05, 0.1) is 59.9 Å². The lowest BCUT2D eigenvalue weighted by Crippen LogP contribution is -2.48. The second-order valence-electron chi connectivity index (χ2n) is 13.7. The highest BCUT2D eigenvalue weighted by molar-refractivity contribution is 6.02. The van der Waals surface area contributed by atoms with Gasteiger partial charge in [0, 0.05) is 64.4 Å².